The zero-order valence-electron chi connectivity index (χ0n) is 19.3. The lowest BCUT2D eigenvalue weighted by atomic mass is 9.73. The van der Waals surface area contributed by atoms with E-state index in [-0.39, 0.29) is 18.1 Å². The first-order valence-corrected chi connectivity index (χ1v) is 11.7. The summed E-state index contributed by atoms with van der Waals surface area (Å²) in [6, 6.07) is 0. The standard InChI is InChI=1S/C24H35NO5S/c1-14-9-7-8-10-19(15(2)11-18-13-31-17(4)25-18)30-21(27)12-20(26)24(5,6)23(29)16(3)22(14)28/h7-8,11,13-14,16,19-20,22,26,28H,9-10,12H2,1-6H3/b8-7-,15-11+/t14-,16+,19-,20-,22-/m0/s1. The molecule has 0 saturated carbocycles. The summed E-state index contributed by atoms with van der Waals surface area (Å²) in [4.78, 5) is 30.0. The number of carbonyl (C=O) groups excluding carboxylic acids is 2. The number of thiazole rings is 1. The number of Topliss-reactive ketones (excluding diaryl/α,β-unsaturated/α-hetero) is 1. The molecule has 0 aliphatic carbocycles. The van der Waals surface area contributed by atoms with Gasteiger partial charge < -0.3 is 14.9 Å². The van der Waals surface area contributed by atoms with E-state index in [4.69, 9.17) is 4.74 Å². The average Bonchev–Trinajstić information content (AvgIpc) is 3.11. The Morgan fingerprint density at radius 2 is 1.87 bits per heavy atom. The van der Waals surface area contributed by atoms with Crippen LogP contribution in [0.15, 0.2) is 23.1 Å². The van der Waals surface area contributed by atoms with E-state index < -0.39 is 35.6 Å². The van der Waals surface area contributed by atoms with Crippen molar-refractivity contribution in [1.29, 1.82) is 0 Å². The van der Waals surface area contributed by atoms with Gasteiger partial charge in [-0.2, -0.15) is 0 Å². The minimum atomic E-state index is -1.21. The predicted octanol–water partition coefficient (Wildman–Crippen LogP) is 4.10. The summed E-state index contributed by atoms with van der Waals surface area (Å²) in [5, 5.41) is 24.2. The van der Waals surface area contributed by atoms with Gasteiger partial charge in [0.1, 0.15) is 11.9 Å². The molecule has 0 bridgehead atoms. The number of allylic oxidation sites excluding steroid dienone is 1. The van der Waals surface area contributed by atoms with Crippen molar-refractivity contribution in [3.05, 3.63) is 33.8 Å². The van der Waals surface area contributed by atoms with Crippen LogP contribution in [0.3, 0.4) is 0 Å². The monoisotopic (exact) mass is 449 g/mol. The number of hydrogen-bond acceptors (Lipinski definition) is 7. The number of hydrogen-bond donors (Lipinski definition) is 2. The van der Waals surface area contributed by atoms with Gasteiger partial charge in [-0.25, -0.2) is 4.98 Å². The van der Waals surface area contributed by atoms with Crippen LogP contribution in [0.4, 0.5) is 0 Å². The molecule has 2 heterocycles. The number of aliphatic hydroxyl groups excluding tert-OH is 2. The lowest BCUT2D eigenvalue weighted by Crippen LogP contribution is -2.45. The summed E-state index contributed by atoms with van der Waals surface area (Å²) in [5.74, 6) is -1.60. The molecule has 0 saturated heterocycles. The van der Waals surface area contributed by atoms with Crippen LogP contribution < -0.4 is 0 Å². The number of ketones is 1. The van der Waals surface area contributed by atoms with Crippen molar-refractivity contribution in [3.8, 4) is 0 Å². The van der Waals surface area contributed by atoms with E-state index in [1.54, 1.807) is 32.1 Å². The van der Waals surface area contributed by atoms with Crippen molar-refractivity contribution >= 4 is 29.2 Å². The smallest absolute Gasteiger partial charge is 0.309 e. The summed E-state index contributed by atoms with van der Waals surface area (Å²) in [5.41, 5.74) is 0.483. The normalized spacial score (nSPS) is 32.3. The second-order valence-corrected chi connectivity index (χ2v) is 10.2. The molecule has 172 valence electrons. The molecule has 0 spiro atoms. The van der Waals surface area contributed by atoms with Crippen molar-refractivity contribution in [3.63, 3.8) is 0 Å². The summed E-state index contributed by atoms with van der Waals surface area (Å²) >= 11 is 1.55. The molecular weight excluding hydrogens is 414 g/mol. The number of rotatable bonds is 2. The predicted molar refractivity (Wildman–Crippen MR) is 123 cm³/mol. The van der Waals surface area contributed by atoms with Crippen molar-refractivity contribution in [1.82, 2.24) is 4.98 Å². The van der Waals surface area contributed by atoms with Crippen LogP contribution in [0.1, 0.15) is 64.6 Å². The Labute approximate surface area is 189 Å². The third kappa shape index (κ3) is 6.57. The quantitative estimate of drug-likeness (QED) is 0.521. The molecule has 2 rings (SSSR count). The fourth-order valence-corrected chi connectivity index (χ4v) is 4.36. The van der Waals surface area contributed by atoms with Crippen molar-refractivity contribution in [2.45, 2.75) is 79.1 Å². The van der Waals surface area contributed by atoms with Gasteiger partial charge in [-0.05, 0) is 37.8 Å². The summed E-state index contributed by atoms with van der Waals surface area (Å²) < 4.78 is 5.71. The average molecular weight is 450 g/mol. The zero-order chi connectivity index (χ0) is 23.3. The molecule has 0 aromatic carbocycles. The van der Waals surface area contributed by atoms with Gasteiger partial charge in [0.25, 0.3) is 0 Å². The topological polar surface area (TPSA) is 96.7 Å². The van der Waals surface area contributed by atoms with Crippen LogP contribution in [-0.4, -0.2) is 45.3 Å². The van der Waals surface area contributed by atoms with E-state index in [2.05, 4.69) is 4.98 Å². The van der Waals surface area contributed by atoms with Crippen LogP contribution in [0.2, 0.25) is 0 Å². The molecule has 6 nitrogen and oxygen atoms in total. The molecule has 5 atom stereocenters. The number of cyclic esters (lactones) is 1. The van der Waals surface area contributed by atoms with Gasteiger partial charge in [-0.15, -0.1) is 11.3 Å². The van der Waals surface area contributed by atoms with E-state index in [0.29, 0.717) is 12.8 Å². The number of aliphatic hydroxyl groups is 2. The van der Waals surface area contributed by atoms with Gasteiger partial charge in [-0.3, -0.25) is 9.59 Å². The lowest BCUT2D eigenvalue weighted by molar-refractivity contribution is -0.154. The number of aromatic nitrogens is 1. The highest BCUT2D eigenvalue weighted by Crippen LogP contribution is 2.32. The highest BCUT2D eigenvalue weighted by molar-refractivity contribution is 7.09. The Bertz CT molecular complexity index is 841. The van der Waals surface area contributed by atoms with Crippen LogP contribution in [0, 0.1) is 24.2 Å². The van der Waals surface area contributed by atoms with Gasteiger partial charge in [0, 0.05) is 17.7 Å². The number of nitrogens with zero attached hydrogens (tertiary/aromatic N) is 1. The molecule has 0 radical (unpaired) electrons. The minimum Gasteiger partial charge on any atom is -0.457 e. The Morgan fingerprint density at radius 1 is 1.23 bits per heavy atom. The second-order valence-electron chi connectivity index (χ2n) is 9.16. The molecule has 0 fully saturated rings. The number of carbonyl (C=O) groups is 2. The molecule has 31 heavy (non-hydrogen) atoms. The van der Waals surface area contributed by atoms with Crippen molar-refractivity contribution < 1.29 is 24.5 Å². The van der Waals surface area contributed by atoms with E-state index in [0.717, 1.165) is 16.3 Å². The summed E-state index contributed by atoms with van der Waals surface area (Å²) in [6.07, 6.45) is 4.03. The molecular formula is C24H35NO5S. The molecule has 1 aliphatic heterocycles. The number of aryl methyl sites for hydroxylation is 1. The fourth-order valence-electron chi connectivity index (χ4n) is 3.79. The highest BCUT2D eigenvalue weighted by atomic mass is 32.1. The van der Waals surface area contributed by atoms with Crippen LogP contribution in [-0.2, 0) is 14.3 Å². The zero-order valence-corrected chi connectivity index (χ0v) is 20.1. The van der Waals surface area contributed by atoms with E-state index in [1.807, 2.05) is 44.4 Å². The molecule has 7 heteroatoms. The maximum Gasteiger partial charge on any atom is 0.309 e. The first kappa shape index (κ1) is 25.4. The Morgan fingerprint density at radius 3 is 2.48 bits per heavy atom. The molecule has 2 N–H and O–H groups in total. The maximum atomic E-state index is 13.0. The van der Waals surface area contributed by atoms with Crippen molar-refractivity contribution in [2.24, 2.45) is 17.3 Å². The van der Waals surface area contributed by atoms with Crippen LogP contribution in [0.25, 0.3) is 6.08 Å². The van der Waals surface area contributed by atoms with Crippen molar-refractivity contribution in [2.75, 3.05) is 0 Å². The largest absolute Gasteiger partial charge is 0.457 e. The Kier molecular flexibility index (Phi) is 8.74. The molecule has 1 aliphatic rings. The van der Waals surface area contributed by atoms with Crippen LogP contribution in [0.5, 0.6) is 0 Å². The maximum absolute atomic E-state index is 13.0. The van der Waals surface area contributed by atoms with Gasteiger partial charge in [0.2, 0.25) is 0 Å². The fraction of sp³-hybridized carbons (Fsp3) is 0.625. The molecule has 0 amide bonds. The number of ether oxygens (including phenoxy) is 1. The lowest BCUT2D eigenvalue weighted by Gasteiger charge is -2.34. The number of esters is 1. The van der Waals surface area contributed by atoms with E-state index in [1.165, 1.54) is 0 Å². The third-order valence-electron chi connectivity index (χ3n) is 6.16. The Hall–Kier alpha value is -1.83. The first-order valence-electron chi connectivity index (χ1n) is 10.8. The van der Waals surface area contributed by atoms with Crippen LogP contribution >= 0.6 is 11.3 Å². The molecule has 1 aromatic heterocycles. The van der Waals surface area contributed by atoms with Gasteiger partial charge in [-0.1, -0.05) is 39.8 Å². The second kappa shape index (κ2) is 10.7. The molecule has 1 aromatic rings. The highest BCUT2D eigenvalue weighted by Gasteiger charge is 2.42. The Balaban J connectivity index is 2.31. The summed E-state index contributed by atoms with van der Waals surface area (Å²) in [6.45, 7) is 10.6. The third-order valence-corrected chi connectivity index (χ3v) is 6.95. The van der Waals surface area contributed by atoms with Gasteiger partial charge >= 0.3 is 5.97 Å². The minimum absolute atomic E-state index is 0.123. The van der Waals surface area contributed by atoms with E-state index in [9.17, 15) is 19.8 Å². The molecule has 0 unspecified atom stereocenters. The SMILES string of the molecule is C/C(=C\c1csc(C)n1)[C@@H]1C/C=C\C[C@H](C)[C@H](O)[C@@H](C)C(=O)C(C)(C)[C@@H](O)CC(=O)O1. The van der Waals surface area contributed by atoms with Gasteiger partial charge in [0.15, 0.2) is 0 Å². The first-order chi connectivity index (χ1) is 14.4. The summed E-state index contributed by atoms with van der Waals surface area (Å²) in [7, 11) is 0. The van der Waals surface area contributed by atoms with Gasteiger partial charge in [0.05, 0.1) is 34.7 Å². The van der Waals surface area contributed by atoms with E-state index >= 15 is 0 Å².